The number of nitrogens with zero attached hydrogens (tertiary/aromatic N) is 2. The maximum absolute atomic E-state index is 13.7. The second kappa shape index (κ2) is 10.9. The van der Waals surface area contributed by atoms with E-state index < -0.39 is 17.6 Å². The molecule has 0 unspecified atom stereocenters. The minimum absolute atomic E-state index is 0.00309. The molecule has 0 atom stereocenters. The van der Waals surface area contributed by atoms with Crippen LogP contribution in [0, 0.1) is 5.82 Å². The molecular weight excluding hydrogens is 535 g/mol. The van der Waals surface area contributed by atoms with Crippen molar-refractivity contribution in [2.45, 2.75) is 51.7 Å². The first kappa shape index (κ1) is 28.2. The SMILES string of the molecule is CC(C)(C)OC(=O)NCc1cc2cc(-c3ccc(C(=O)N4CCC(F)(F)CC4)cn3)cc(-c3ccc(F)cc3)c2o1. The first-order valence-electron chi connectivity index (χ1n) is 13.3. The molecule has 1 N–H and O–H groups in total. The fourth-order valence-electron chi connectivity index (χ4n) is 4.67. The van der Waals surface area contributed by atoms with Gasteiger partial charge in [-0.05, 0) is 68.8 Å². The first-order chi connectivity index (χ1) is 19.4. The molecule has 5 rings (SSSR count). The molecular formula is C31H30F3N3O4. The van der Waals surface area contributed by atoms with Crippen molar-refractivity contribution in [3.05, 3.63) is 77.9 Å². The van der Waals surface area contributed by atoms with Crippen molar-refractivity contribution in [1.82, 2.24) is 15.2 Å². The molecule has 2 amide bonds. The number of piperidine rings is 1. The highest BCUT2D eigenvalue weighted by molar-refractivity contribution is 5.97. The van der Waals surface area contributed by atoms with Crippen molar-refractivity contribution in [3.63, 3.8) is 0 Å². The van der Waals surface area contributed by atoms with E-state index in [0.717, 1.165) is 10.9 Å². The average Bonchev–Trinajstić information content (AvgIpc) is 3.34. The van der Waals surface area contributed by atoms with Gasteiger partial charge >= 0.3 is 6.09 Å². The Morgan fingerprint density at radius 2 is 1.73 bits per heavy atom. The summed E-state index contributed by atoms with van der Waals surface area (Å²) < 4.78 is 52.1. The molecule has 214 valence electrons. The van der Waals surface area contributed by atoms with Gasteiger partial charge in [-0.15, -0.1) is 0 Å². The largest absolute Gasteiger partial charge is 0.459 e. The topological polar surface area (TPSA) is 84.7 Å². The van der Waals surface area contributed by atoms with Crippen molar-refractivity contribution >= 4 is 23.0 Å². The number of nitrogens with one attached hydrogen (secondary N) is 1. The average molecular weight is 566 g/mol. The summed E-state index contributed by atoms with van der Waals surface area (Å²) in [5, 5.41) is 3.42. The summed E-state index contributed by atoms with van der Waals surface area (Å²) in [5.41, 5.74) is 2.93. The number of furan rings is 1. The van der Waals surface area contributed by atoms with Crippen LogP contribution in [0.25, 0.3) is 33.4 Å². The Morgan fingerprint density at radius 1 is 1.02 bits per heavy atom. The van der Waals surface area contributed by atoms with Crippen LogP contribution in [0.15, 0.2) is 65.2 Å². The first-order valence-corrected chi connectivity index (χ1v) is 13.3. The second-order valence-corrected chi connectivity index (χ2v) is 11.1. The molecule has 1 saturated heterocycles. The maximum Gasteiger partial charge on any atom is 0.408 e. The number of alkyl halides is 2. The predicted molar refractivity (Wildman–Crippen MR) is 148 cm³/mol. The number of carbonyl (C=O) groups excluding carboxylic acids is 2. The number of rotatable bonds is 5. The van der Waals surface area contributed by atoms with E-state index in [1.54, 1.807) is 51.1 Å². The molecule has 2 aromatic carbocycles. The third kappa shape index (κ3) is 6.70. The maximum atomic E-state index is 13.7. The molecule has 0 saturated carbocycles. The quantitative estimate of drug-likeness (QED) is 0.277. The zero-order valence-corrected chi connectivity index (χ0v) is 23.0. The minimum Gasteiger partial charge on any atom is -0.459 e. The Bertz CT molecular complexity index is 1570. The number of fused-ring (bicyclic) bond motifs is 1. The van der Waals surface area contributed by atoms with Crippen LogP contribution in [0.3, 0.4) is 0 Å². The zero-order valence-electron chi connectivity index (χ0n) is 23.0. The molecule has 4 aromatic rings. The van der Waals surface area contributed by atoms with Gasteiger partial charge in [0.15, 0.2) is 0 Å². The molecule has 0 radical (unpaired) electrons. The number of likely N-dealkylation sites (tertiary alicyclic amines) is 1. The van der Waals surface area contributed by atoms with Crippen molar-refractivity contribution in [3.8, 4) is 22.4 Å². The molecule has 7 nitrogen and oxygen atoms in total. The summed E-state index contributed by atoms with van der Waals surface area (Å²) >= 11 is 0. The standard InChI is InChI=1S/C31H30F3N3O4/c1-30(2,3)41-29(39)36-18-24-15-22-14-21(16-25(27(22)40-24)19-4-7-23(32)8-5-19)26-9-6-20(17-35-26)28(38)37-12-10-31(33,34)11-13-37/h4-9,14-17H,10-13,18H2,1-3H3,(H,36,39). The van der Waals surface area contributed by atoms with Gasteiger partial charge in [-0.25, -0.2) is 18.0 Å². The fourth-order valence-corrected chi connectivity index (χ4v) is 4.67. The third-order valence-corrected chi connectivity index (χ3v) is 6.72. The zero-order chi connectivity index (χ0) is 29.4. The highest BCUT2D eigenvalue weighted by Gasteiger charge is 2.35. The molecule has 0 bridgehead atoms. The van der Waals surface area contributed by atoms with Gasteiger partial charge in [0.25, 0.3) is 11.8 Å². The van der Waals surface area contributed by atoms with Gasteiger partial charge in [0.05, 0.1) is 17.8 Å². The van der Waals surface area contributed by atoms with E-state index in [2.05, 4.69) is 10.3 Å². The number of aromatic nitrogens is 1. The van der Waals surface area contributed by atoms with E-state index in [1.807, 2.05) is 12.1 Å². The molecule has 1 aliphatic heterocycles. The van der Waals surface area contributed by atoms with Gasteiger partial charge in [-0.1, -0.05) is 12.1 Å². The van der Waals surface area contributed by atoms with E-state index >= 15 is 0 Å². The number of ether oxygens (including phenoxy) is 1. The van der Waals surface area contributed by atoms with Crippen LogP contribution in [0.2, 0.25) is 0 Å². The van der Waals surface area contributed by atoms with Crippen molar-refractivity contribution in [2.24, 2.45) is 0 Å². The van der Waals surface area contributed by atoms with Crippen molar-refractivity contribution in [2.75, 3.05) is 13.1 Å². The van der Waals surface area contributed by atoms with Crippen LogP contribution in [0.5, 0.6) is 0 Å². The van der Waals surface area contributed by atoms with Gasteiger partial charge in [-0.2, -0.15) is 0 Å². The van der Waals surface area contributed by atoms with Crippen LogP contribution in [0.4, 0.5) is 18.0 Å². The number of carbonyl (C=O) groups is 2. The van der Waals surface area contributed by atoms with Gasteiger partial charge in [0.1, 0.15) is 22.8 Å². The summed E-state index contributed by atoms with van der Waals surface area (Å²) in [5.74, 6) is -2.95. The summed E-state index contributed by atoms with van der Waals surface area (Å²) in [6.45, 7) is 5.41. The Labute approximate surface area is 235 Å². The molecule has 1 aliphatic rings. The van der Waals surface area contributed by atoms with Crippen LogP contribution in [-0.4, -0.2) is 46.5 Å². The molecule has 0 spiro atoms. The van der Waals surface area contributed by atoms with Crippen LogP contribution >= 0.6 is 0 Å². The number of benzene rings is 2. The van der Waals surface area contributed by atoms with E-state index in [0.29, 0.717) is 33.7 Å². The van der Waals surface area contributed by atoms with Gasteiger partial charge in [-0.3, -0.25) is 9.78 Å². The number of halogens is 3. The van der Waals surface area contributed by atoms with Crippen molar-refractivity contribution < 1.29 is 31.9 Å². The third-order valence-electron chi connectivity index (χ3n) is 6.72. The molecule has 3 heterocycles. The van der Waals surface area contributed by atoms with Gasteiger partial charge < -0.3 is 19.4 Å². The second-order valence-electron chi connectivity index (χ2n) is 11.1. The smallest absolute Gasteiger partial charge is 0.408 e. The molecule has 1 fully saturated rings. The highest BCUT2D eigenvalue weighted by atomic mass is 19.3. The lowest BCUT2D eigenvalue weighted by Crippen LogP contribution is -2.42. The summed E-state index contributed by atoms with van der Waals surface area (Å²) in [4.78, 5) is 30.9. The van der Waals surface area contributed by atoms with Gasteiger partial charge in [0, 0.05) is 48.6 Å². The lowest BCUT2D eigenvalue weighted by molar-refractivity contribution is -0.0494. The lowest BCUT2D eigenvalue weighted by Gasteiger charge is -2.31. The van der Waals surface area contributed by atoms with Gasteiger partial charge in [0.2, 0.25) is 0 Å². The summed E-state index contributed by atoms with van der Waals surface area (Å²) in [7, 11) is 0. The van der Waals surface area contributed by atoms with Crippen molar-refractivity contribution in [1.29, 1.82) is 0 Å². The van der Waals surface area contributed by atoms with Crippen LogP contribution in [0.1, 0.15) is 49.7 Å². The normalized spacial score (nSPS) is 15.1. The Hall–Kier alpha value is -4.34. The monoisotopic (exact) mass is 565 g/mol. The summed E-state index contributed by atoms with van der Waals surface area (Å²) in [6.07, 6.45) is 0.166. The van der Waals surface area contributed by atoms with Crippen LogP contribution in [-0.2, 0) is 11.3 Å². The molecule has 0 aliphatic carbocycles. The van der Waals surface area contributed by atoms with E-state index in [-0.39, 0.29) is 44.2 Å². The minimum atomic E-state index is -2.74. The Kier molecular flexibility index (Phi) is 7.50. The number of hydrogen-bond donors (Lipinski definition) is 1. The summed E-state index contributed by atoms with van der Waals surface area (Å²) in [6, 6.07) is 14.9. The number of alkyl carbamates (subject to hydrolysis) is 1. The lowest BCUT2D eigenvalue weighted by atomic mass is 9.98. The fraction of sp³-hybridized carbons (Fsp3) is 0.323. The van der Waals surface area contributed by atoms with Crippen LogP contribution < -0.4 is 5.32 Å². The number of hydrogen-bond acceptors (Lipinski definition) is 5. The number of amides is 2. The Morgan fingerprint density at radius 3 is 2.37 bits per heavy atom. The van der Waals surface area contributed by atoms with E-state index in [1.165, 1.54) is 23.2 Å². The molecule has 41 heavy (non-hydrogen) atoms. The molecule has 10 heteroatoms. The highest BCUT2D eigenvalue weighted by Crippen LogP contribution is 2.36. The Balaban J connectivity index is 1.44. The predicted octanol–water partition coefficient (Wildman–Crippen LogP) is 7.20. The van der Waals surface area contributed by atoms with E-state index in [4.69, 9.17) is 9.15 Å². The van der Waals surface area contributed by atoms with E-state index in [9.17, 15) is 22.8 Å². The molecule has 2 aromatic heterocycles. The number of pyridine rings is 1.